The minimum absolute atomic E-state index is 0.126. The predicted octanol–water partition coefficient (Wildman–Crippen LogP) is 5.47. The third kappa shape index (κ3) is 5.59. The van der Waals surface area contributed by atoms with Crippen molar-refractivity contribution in [3.05, 3.63) is 53.4 Å². The van der Waals surface area contributed by atoms with Crippen LogP contribution in [0.1, 0.15) is 44.1 Å². The van der Waals surface area contributed by atoms with E-state index in [1.165, 1.54) is 19.3 Å². The van der Waals surface area contributed by atoms with Crippen molar-refractivity contribution in [2.45, 2.75) is 49.6 Å². The number of fused-ring (bicyclic) bond motifs is 2. The highest BCUT2D eigenvalue weighted by atomic mass is 32.2. The Labute approximate surface area is 197 Å². The number of carbonyl (C=O) groups is 1. The SMILES string of the molecule is O=C(O)OC1=C(CCCS(=O)(=O)c2cccc(C(F)(F)F)c2)N(CC2CC3CCC2C3)CC=C1. The summed E-state index contributed by atoms with van der Waals surface area (Å²) < 4.78 is 69.4. The molecule has 2 fully saturated rings. The summed E-state index contributed by atoms with van der Waals surface area (Å²) in [6, 6.07) is 3.73. The summed E-state index contributed by atoms with van der Waals surface area (Å²) in [4.78, 5) is 12.9. The van der Waals surface area contributed by atoms with Gasteiger partial charge in [0.1, 0.15) is 0 Å². The third-order valence-corrected chi connectivity index (χ3v) is 8.94. The van der Waals surface area contributed by atoms with Gasteiger partial charge >= 0.3 is 12.3 Å². The molecule has 4 rings (SSSR count). The molecule has 0 amide bonds. The minimum Gasteiger partial charge on any atom is -0.449 e. The summed E-state index contributed by atoms with van der Waals surface area (Å²) in [7, 11) is -3.95. The fourth-order valence-corrected chi connectivity index (χ4v) is 6.95. The van der Waals surface area contributed by atoms with Gasteiger partial charge in [0.05, 0.1) is 21.9 Å². The summed E-state index contributed by atoms with van der Waals surface area (Å²) in [5.74, 6) is 1.76. The molecule has 186 valence electrons. The van der Waals surface area contributed by atoms with Crippen LogP contribution in [0.4, 0.5) is 18.0 Å². The molecular weight excluding hydrogens is 471 g/mol. The van der Waals surface area contributed by atoms with E-state index < -0.39 is 27.7 Å². The summed E-state index contributed by atoms with van der Waals surface area (Å²) in [6.45, 7) is 1.34. The van der Waals surface area contributed by atoms with E-state index in [-0.39, 0.29) is 29.2 Å². The molecule has 1 aromatic carbocycles. The lowest BCUT2D eigenvalue weighted by molar-refractivity contribution is -0.137. The first kappa shape index (κ1) is 24.6. The van der Waals surface area contributed by atoms with Crippen molar-refractivity contribution < 1.29 is 36.2 Å². The highest BCUT2D eigenvalue weighted by molar-refractivity contribution is 7.91. The van der Waals surface area contributed by atoms with E-state index in [2.05, 4.69) is 4.90 Å². The molecule has 2 saturated carbocycles. The van der Waals surface area contributed by atoms with Gasteiger partial charge in [0.15, 0.2) is 15.6 Å². The molecule has 0 spiro atoms. The summed E-state index contributed by atoms with van der Waals surface area (Å²) >= 11 is 0. The number of nitrogens with zero attached hydrogens (tertiary/aromatic N) is 1. The average Bonchev–Trinajstić information content (AvgIpc) is 3.38. The molecule has 3 atom stereocenters. The number of hydrogen-bond acceptors (Lipinski definition) is 5. The Morgan fingerprint density at radius 2 is 2.00 bits per heavy atom. The standard InChI is InChI=1S/C24H28F3NO5S/c25-24(26,27)19-4-1-5-20(14-19)34(31,32)11-3-6-21-22(33-23(29)30)7-2-10-28(21)15-18-13-16-8-9-17(18)12-16/h1-2,4-5,7,14,16-18H,3,6,8-13,15H2,(H,29,30). The first-order valence-corrected chi connectivity index (χ1v) is 13.1. The van der Waals surface area contributed by atoms with Crippen LogP contribution < -0.4 is 0 Å². The van der Waals surface area contributed by atoms with Crippen LogP contribution in [-0.2, 0) is 20.8 Å². The smallest absolute Gasteiger partial charge is 0.449 e. The lowest BCUT2D eigenvalue weighted by Crippen LogP contribution is -2.34. The molecule has 2 aliphatic carbocycles. The Morgan fingerprint density at radius 3 is 2.65 bits per heavy atom. The van der Waals surface area contributed by atoms with Gasteiger partial charge in [-0.25, -0.2) is 13.2 Å². The number of ether oxygens (including phenoxy) is 1. The van der Waals surface area contributed by atoms with Gasteiger partial charge in [0.25, 0.3) is 0 Å². The van der Waals surface area contributed by atoms with Crippen LogP contribution in [0.5, 0.6) is 0 Å². The molecule has 0 aromatic heterocycles. The molecule has 34 heavy (non-hydrogen) atoms. The fourth-order valence-electron chi connectivity index (χ4n) is 5.60. The van der Waals surface area contributed by atoms with Gasteiger partial charge in [-0.05, 0) is 74.1 Å². The zero-order valence-electron chi connectivity index (χ0n) is 18.6. The molecule has 0 saturated heterocycles. The van der Waals surface area contributed by atoms with Gasteiger partial charge in [-0.15, -0.1) is 0 Å². The average molecular weight is 500 g/mol. The molecule has 10 heteroatoms. The van der Waals surface area contributed by atoms with Gasteiger partial charge in [0, 0.05) is 13.1 Å². The Bertz CT molecular complexity index is 1100. The van der Waals surface area contributed by atoms with E-state index in [9.17, 15) is 26.4 Å². The van der Waals surface area contributed by atoms with Crippen molar-refractivity contribution in [3.8, 4) is 0 Å². The van der Waals surface area contributed by atoms with Crippen molar-refractivity contribution in [2.75, 3.05) is 18.8 Å². The van der Waals surface area contributed by atoms with Crippen molar-refractivity contribution >= 4 is 16.0 Å². The lowest BCUT2D eigenvalue weighted by atomic mass is 9.88. The number of carboxylic acid groups (broad SMARTS) is 1. The van der Waals surface area contributed by atoms with Crippen LogP contribution >= 0.6 is 0 Å². The van der Waals surface area contributed by atoms with Gasteiger partial charge in [-0.1, -0.05) is 18.6 Å². The fraction of sp³-hybridized carbons (Fsp3) is 0.542. The maximum Gasteiger partial charge on any atom is 0.511 e. The van der Waals surface area contributed by atoms with Crippen LogP contribution in [0.15, 0.2) is 52.8 Å². The molecule has 0 radical (unpaired) electrons. The zero-order valence-corrected chi connectivity index (χ0v) is 19.4. The predicted molar refractivity (Wildman–Crippen MR) is 119 cm³/mol. The number of hydrogen-bond donors (Lipinski definition) is 1. The Hall–Kier alpha value is -2.49. The van der Waals surface area contributed by atoms with Crippen molar-refractivity contribution in [1.82, 2.24) is 4.90 Å². The lowest BCUT2D eigenvalue weighted by Gasteiger charge is -2.35. The highest BCUT2D eigenvalue weighted by Crippen LogP contribution is 2.49. The van der Waals surface area contributed by atoms with Crippen LogP contribution in [0, 0.1) is 17.8 Å². The third-order valence-electron chi connectivity index (χ3n) is 7.14. The maximum atomic E-state index is 13.0. The van der Waals surface area contributed by atoms with Crippen LogP contribution in [0.2, 0.25) is 0 Å². The van der Waals surface area contributed by atoms with Crippen molar-refractivity contribution in [3.63, 3.8) is 0 Å². The van der Waals surface area contributed by atoms with E-state index in [1.807, 2.05) is 6.08 Å². The summed E-state index contributed by atoms with van der Waals surface area (Å²) in [6.07, 6.45) is 2.57. The molecule has 1 aliphatic heterocycles. The topological polar surface area (TPSA) is 83.9 Å². The largest absolute Gasteiger partial charge is 0.511 e. The van der Waals surface area contributed by atoms with Crippen molar-refractivity contribution in [2.24, 2.45) is 17.8 Å². The van der Waals surface area contributed by atoms with Gasteiger partial charge < -0.3 is 14.7 Å². The van der Waals surface area contributed by atoms with Crippen molar-refractivity contribution in [1.29, 1.82) is 0 Å². The molecule has 6 nitrogen and oxygen atoms in total. The van der Waals surface area contributed by atoms with Gasteiger partial charge in [-0.2, -0.15) is 13.2 Å². The number of allylic oxidation sites excluding steroid dienone is 2. The Kier molecular flexibility index (Phi) is 6.98. The monoisotopic (exact) mass is 499 g/mol. The number of benzene rings is 1. The number of sulfone groups is 1. The zero-order chi connectivity index (χ0) is 24.5. The molecule has 1 N–H and O–H groups in total. The van der Waals surface area contributed by atoms with Crippen LogP contribution in [-0.4, -0.2) is 43.4 Å². The summed E-state index contributed by atoms with van der Waals surface area (Å²) in [5, 5.41) is 9.14. The van der Waals surface area contributed by atoms with Crippen LogP contribution in [0.3, 0.4) is 0 Å². The maximum absolute atomic E-state index is 13.0. The second-order valence-electron chi connectivity index (χ2n) is 9.37. The molecule has 2 bridgehead atoms. The van der Waals surface area contributed by atoms with E-state index >= 15 is 0 Å². The Balaban J connectivity index is 1.47. The van der Waals surface area contributed by atoms with Crippen LogP contribution in [0.25, 0.3) is 0 Å². The molecule has 1 heterocycles. The molecule has 3 unspecified atom stereocenters. The summed E-state index contributed by atoms with van der Waals surface area (Å²) in [5.41, 5.74) is -0.380. The highest BCUT2D eigenvalue weighted by Gasteiger charge is 2.40. The quantitative estimate of drug-likeness (QED) is 0.478. The van der Waals surface area contributed by atoms with E-state index in [1.54, 1.807) is 6.08 Å². The number of rotatable bonds is 8. The second kappa shape index (κ2) is 9.64. The first-order chi connectivity index (χ1) is 16.0. The number of halogens is 3. The normalized spacial score (nSPS) is 24.7. The van der Waals surface area contributed by atoms with E-state index in [0.717, 1.165) is 37.1 Å². The van der Waals surface area contributed by atoms with E-state index in [4.69, 9.17) is 9.84 Å². The molecule has 1 aromatic rings. The number of alkyl halides is 3. The van der Waals surface area contributed by atoms with E-state index in [0.29, 0.717) is 30.1 Å². The first-order valence-electron chi connectivity index (χ1n) is 11.5. The second-order valence-corrected chi connectivity index (χ2v) is 11.5. The Morgan fingerprint density at radius 1 is 1.21 bits per heavy atom. The molecule has 3 aliphatic rings. The van der Waals surface area contributed by atoms with Gasteiger partial charge in [-0.3, -0.25) is 0 Å². The van der Waals surface area contributed by atoms with Gasteiger partial charge in [0.2, 0.25) is 0 Å². The minimum atomic E-state index is -4.63. The molecular formula is C24H28F3NO5S.